The van der Waals surface area contributed by atoms with Gasteiger partial charge in [-0.25, -0.2) is 25.3 Å². The van der Waals surface area contributed by atoms with Gasteiger partial charge in [-0.15, -0.1) is 0 Å². The van der Waals surface area contributed by atoms with Gasteiger partial charge in [-0.1, -0.05) is 54.6 Å². The molecule has 37 heavy (non-hydrogen) atoms. The van der Waals surface area contributed by atoms with Crippen molar-refractivity contribution in [1.82, 2.24) is 0 Å². The van der Waals surface area contributed by atoms with E-state index in [9.17, 15) is 38.9 Å². The Kier molecular flexibility index (Phi) is 14.4. The normalized spacial score (nSPS) is 11.8. The first-order chi connectivity index (χ1) is 15.5. The van der Waals surface area contributed by atoms with Crippen molar-refractivity contribution in [2.75, 3.05) is 0 Å². The average Bonchev–Trinajstić information content (AvgIpc) is 2.65. The van der Waals surface area contributed by atoms with Crippen LogP contribution in [0.4, 0.5) is 0 Å². The average molecular weight is 611 g/mol. The molecule has 0 spiro atoms. The molecule has 0 atom stereocenters. The van der Waals surface area contributed by atoms with Gasteiger partial charge < -0.3 is 13.7 Å². The van der Waals surface area contributed by atoms with Crippen LogP contribution in [0.15, 0.2) is 69.3 Å². The van der Waals surface area contributed by atoms with Gasteiger partial charge in [-0.05, 0) is 45.4 Å². The molecule has 0 aromatic heterocycles. The van der Waals surface area contributed by atoms with Gasteiger partial charge in [-0.3, -0.25) is 0 Å². The van der Waals surface area contributed by atoms with Crippen LogP contribution >= 0.6 is 7.92 Å². The van der Waals surface area contributed by atoms with Crippen molar-refractivity contribution in [2.24, 2.45) is 0 Å². The Hall–Kier alpha value is 0.820. The van der Waals surface area contributed by atoms with Crippen LogP contribution in [0.1, 0.15) is 16.7 Å². The van der Waals surface area contributed by atoms with Crippen molar-refractivity contribution in [2.45, 2.75) is 35.5 Å². The second-order valence-electron chi connectivity index (χ2n) is 7.47. The minimum absolute atomic E-state index is 0. The summed E-state index contributed by atoms with van der Waals surface area (Å²) in [6.07, 6.45) is 0. The van der Waals surface area contributed by atoms with Gasteiger partial charge in [-0.2, -0.15) is 0 Å². The first kappa shape index (κ1) is 37.8. The zero-order valence-electron chi connectivity index (χ0n) is 21.0. The van der Waals surface area contributed by atoms with Crippen LogP contribution in [0, 0.1) is 20.8 Å². The summed E-state index contributed by atoms with van der Waals surface area (Å²) in [5.74, 6) is 0. The van der Waals surface area contributed by atoms with Crippen molar-refractivity contribution in [3.05, 3.63) is 71.3 Å². The van der Waals surface area contributed by atoms with E-state index in [0.717, 1.165) is 0 Å². The summed E-state index contributed by atoms with van der Waals surface area (Å²) in [4.78, 5) is -2.02. The summed E-state index contributed by atoms with van der Waals surface area (Å²) in [6, 6.07) is 12.0. The molecule has 0 aliphatic rings. The fourth-order valence-electron chi connectivity index (χ4n) is 3.80. The van der Waals surface area contributed by atoms with E-state index in [2.05, 4.69) is 0 Å². The first-order valence-electron chi connectivity index (χ1n) is 9.52. The van der Waals surface area contributed by atoms with Crippen LogP contribution < -0.4 is 105 Å². The molecular weight excluding hydrogens is 592 g/mol. The van der Waals surface area contributed by atoms with Crippen LogP contribution in [0.5, 0.6) is 0 Å². The van der Waals surface area contributed by atoms with Gasteiger partial charge >= 0.3 is 88.7 Å². The number of aryl methyl sites for hydroxylation is 3. The topological polar surface area (TPSA) is 172 Å². The van der Waals surface area contributed by atoms with Crippen LogP contribution in [-0.4, -0.2) is 38.9 Å². The van der Waals surface area contributed by atoms with Crippen molar-refractivity contribution >= 4 is 54.2 Å². The molecule has 0 bridgehead atoms. The van der Waals surface area contributed by atoms with Crippen LogP contribution in [0.3, 0.4) is 0 Å². The van der Waals surface area contributed by atoms with Crippen LogP contribution in [-0.2, 0) is 30.4 Å². The van der Waals surface area contributed by atoms with Crippen LogP contribution in [0.2, 0.25) is 0 Å². The van der Waals surface area contributed by atoms with Gasteiger partial charge in [0, 0.05) is 15.9 Å². The molecule has 0 aliphatic heterocycles. The second kappa shape index (κ2) is 14.1. The molecule has 0 amide bonds. The van der Waals surface area contributed by atoms with Crippen molar-refractivity contribution < 1.29 is 128 Å². The molecule has 0 N–H and O–H groups in total. The maximum Gasteiger partial charge on any atom is 1.00 e. The summed E-state index contributed by atoms with van der Waals surface area (Å²) in [7, 11) is -17.9. The van der Waals surface area contributed by atoms with E-state index >= 15 is 0 Å². The fraction of sp³-hybridized carbons (Fsp3) is 0.143. The Balaban J connectivity index is 0.00000432. The van der Waals surface area contributed by atoms with E-state index in [1.165, 1.54) is 75.4 Å². The zero-order chi connectivity index (χ0) is 25.6. The Labute approximate surface area is 284 Å². The third-order valence-electron chi connectivity index (χ3n) is 5.05. The minimum atomic E-state index is -5.13. The van der Waals surface area contributed by atoms with Gasteiger partial charge in [0.2, 0.25) is 0 Å². The number of hydrogen-bond acceptors (Lipinski definition) is 9. The standard InChI is InChI=1S/C21H21O9PS3.3Na/c1-13-7-4-10-16(19(13)32(22,23)24)31(17-11-5-8-14(2)20(17)33(25,26)27)18-12-6-9-15(3)21(18)34(28,29)30;;;/h4-12H,1-3H3,(H,22,23,24)(H,25,26,27)(H,28,29,30);;;/q;3*+1/p-3. The molecule has 0 heterocycles. The molecule has 0 radical (unpaired) electrons. The van der Waals surface area contributed by atoms with Gasteiger partial charge in [0.15, 0.2) is 0 Å². The maximum absolute atomic E-state index is 12.2. The van der Waals surface area contributed by atoms with Gasteiger partial charge in [0.05, 0.1) is 14.7 Å². The summed E-state index contributed by atoms with van der Waals surface area (Å²) < 4.78 is 110. The van der Waals surface area contributed by atoms with E-state index in [1.54, 1.807) is 0 Å². The monoisotopic (exact) mass is 610 g/mol. The second-order valence-corrected chi connectivity index (χ2v) is 13.5. The fourth-order valence-corrected chi connectivity index (χ4v) is 10.6. The zero-order valence-corrected chi connectivity index (χ0v) is 30.4. The van der Waals surface area contributed by atoms with Crippen molar-refractivity contribution in [1.29, 1.82) is 0 Å². The molecule has 3 rings (SSSR count). The molecule has 0 fully saturated rings. The third-order valence-corrected chi connectivity index (χ3v) is 11.2. The molecule has 3 aromatic carbocycles. The molecular formula is C21H18Na3O9PS3. The predicted molar refractivity (Wildman–Crippen MR) is 123 cm³/mol. The molecule has 3 aromatic rings. The largest absolute Gasteiger partial charge is 1.00 e. The summed E-state index contributed by atoms with van der Waals surface area (Å²) in [5, 5.41) is -0.594. The Morgan fingerprint density at radius 3 is 0.892 bits per heavy atom. The quantitative estimate of drug-likeness (QED) is 0.149. The van der Waals surface area contributed by atoms with Gasteiger partial charge in [0.1, 0.15) is 30.4 Å². The maximum atomic E-state index is 12.2. The number of benzene rings is 3. The summed E-state index contributed by atoms with van der Waals surface area (Å²) in [5.41, 5.74) is 0.120. The van der Waals surface area contributed by atoms with Crippen molar-refractivity contribution in [3.63, 3.8) is 0 Å². The minimum Gasteiger partial charge on any atom is -0.744 e. The number of rotatable bonds is 6. The molecule has 182 valence electrons. The third kappa shape index (κ3) is 8.42. The van der Waals surface area contributed by atoms with Gasteiger partial charge in [0.25, 0.3) is 0 Å². The predicted octanol–water partition coefficient (Wildman–Crippen LogP) is -7.91. The SMILES string of the molecule is Cc1cccc(P(c2cccc(C)c2S(=O)(=O)[O-])c2cccc(C)c2S(=O)(=O)[O-])c1S(=O)(=O)[O-].[Na+].[Na+].[Na+]. The molecule has 0 saturated carbocycles. The summed E-state index contributed by atoms with van der Waals surface area (Å²) in [6.45, 7) is 4.06. The van der Waals surface area contributed by atoms with E-state index in [0.29, 0.717) is 0 Å². The van der Waals surface area contributed by atoms with E-state index in [1.807, 2.05) is 0 Å². The van der Waals surface area contributed by atoms with Crippen molar-refractivity contribution in [3.8, 4) is 0 Å². The molecule has 0 aliphatic carbocycles. The van der Waals surface area contributed by atoms with E-state index in [4.69, 9.17) is 0 Å². The Morgan fingerprint density at radius 2 is 0.703 bits per heavy atom. The van der Waals surface area contributed by atoms with E-state index in [-0.39, 0.29) is 121 Å². The first-order valence-corrected chi connectivity index (χ1v) is 15.1. The Morgan fingerprint density at radius 1 is 0.486 bits per heavy atom. The summed E-state index contributed by atoms with van der Waals surface area (Å²) >= 11 is 0. The Bertz CT molecular complexity index is 1430. The number of hydrogen-bond donors (Lipinski definition) is 0. The molecule has 16 heteroatoms. The van der Waals surface area contributed by atoms with E-state index < -0.39 is 53.0 Å². The smallest absolute Gasteiger partial charge is 0.744 e. The molecule has 0 saturated heterocycles. The molecule has 0 unspecified atom stereocenters. The molecule has 9 nitrogen and oxygen atoms in total. The van der Waals surface area contributed by atoms with Crippen LogP contribution in [0.25, 0.3) is 0 Å².